The maximum absolute atomic E-state index is 12.9. The number of aryl methyl sites for hydroxylation is 1. The fourth-order valence-electron chi connectivity index (χ4n) is 2.75. The number of hydrogen-bond acceptors (Lipinski definition) is 4. The summed E-state index contributed by atoms with van der Waals surface area (Å²) >= 11 is 6.34. The van der Waals surface area contributed by atoms with Gasteiger partial charge in [-0.3, -0.25) is 9.78 Å². The van der Waals surface area contributed by atoms with Gasteiger partial charge in [-0.15, -0.1) is 0 Å². The van der Waals surface area contributed by atoms with E-state index in [0.717, 1.165) is 17.5 Å². The van der Waals surface area contributed by atoms with E-state index in [9.17, 15) is 4.79 Å². The second-order valence-electron chi connectivity index (χ2n) is 5.69. The van der Waals surface area contributed by atoms with Crippen LogP contribution in [0.15, 0.2) is 36.9 Å². The molecule has 1 unspecified atom stereocenters. The predicted octanol–water partition coefficient (Wildman–Crippen LogP) is 3.31. The molecular weight excluding hydrogens is 326 g/mol. The Kier molecular flexibility index (Phi) is 4.49. The molecule has 0 bridgehead atoms. The normalized spacial score (nSPS) is 12.3. The molecule has 0 N–H and O–H groups in total. The minimum absolute atomic E-state index is 0.0956. The highest BCUT2D eigenvalue weighted by atomic mass is 35.5. The fraction of sp³-hybridized carbons (Fsp3) is 0.294. The number of amides is 1. The van der Waals surface area contributed by atoms with Crippen molar-refractivity contribution in [3.63, 3.8) is 0 Å². The number of halogens is 1. The van der Waals surface area contributed by atoms with Crippen molar-refractivity contribution in [1.29, 1.82) is 0 Å². The minimum atomic E-state index is -0.237. The summed E-state index contributed by atoms with van der Waals surface area (Å²) < 4.78 is 1.55. The predicted molar refractivity (Wildman–Crippen MR) is 92.1 cm³/mol. The molecule has 3 heterocycles. The summed E-state index contributed by atoms with van der Waals surface area (Å²) in [4.78, 5) is 23.0. The van der Waals surface area contributed by atoms with Crippen molar-refractivity contribution in [3.05, 3.63) is 58.8 Å². The molecule has 3 aromatic rings. The van der Waals surface area contributed by atoms with E-state index in [0.29, 0.717) is 5.65 Å². The molecule has 3 aromatic heterocycles. The quantitative estimate of drug-likeness (QED) is 0.729. The third kappa shape index (κ3) is 2.85. The maximum Gasteiger partial charge on any atom is 0.276 e. The summed E-state index contributed by atoms with van der Waals surface area (Å²) in [6.45, 7) is 3.93. The van der Waals surface area contributed by atoms with Crippen LogP contribution in [0.4, 0.5) is 0 Å². The molecule has 24 heavy (non-hydrogen) atoms. The third-order valence-corrected chi connectivity index (χ3v) is 4.34. The lowest BCUT2D eigenvalue weighted by Gasteiger charge is -2.26. The standard InChI is InChI=1S/C17H18ClN5O/c1-4-13(12-6-5-7-19-9-12)22(3)17(24)15-14(18)16-20-8-11(2)10-23(16)21-15/h5-10,13H,4H2,1-3H3. The molecule has 0 fully saturated rings. The number of pyridine rings is 1. The number of nitrogens with zero attached hydrogens (tertiary/aromatic N) is 5. The first-order valence-corrected chi connectivity index (χ1v) is 8.08. The van der Waals surface area contributed by atoms with E-state index < -0.39 is 0 Å². The molecule has 1 amide bonds. The van der Waals surface area contributed by atoms with Gasteiger partial charge in [-0.05, 0) is 30.5 Å². The van der Waals surface area contributed by atoms with E-state index in [-0.39, 0.29) is 22.7 Å². The average Bonchev–Trinajstić information content (AvgIpc) is 2.91. The van der Waals surface area contributed by atoms with Crippen molar-refractivity contribution in [3.8, 4) is 0 Å². The number of carbonyl (C=O) groups is 1. The van der Waals surface area contributed by atoms with E-state index in [1.807, 2.05) is 26.0 Å². The molecule has 0 spiro atoms. The minimum Gasteiger partial charge on any atom is -0.333 e. The molecular formula is C17H18ClN5O. The van der Waals surface area contributed by atoms with Crippen molar-refractivity contribution in [2.24, 2.45) is 0 Å². The Hall–Kier alpha value is -2.47. The van der Waals surface area contributed by atoms with Crippen LogP contribution in [-0.4, -0.2) is 37.4 Å². The molecule has 0 saturated heterocycles. The first-order valence-electron chi connectivity index (χ1n) is 7.70. The molecule has 124 valence electrons. The Morgan fingerprint density at radius 2 is 2.21 bits per heavy atom. The largest absolute Gasteiger partial charge is 0.333 e. The summed E-state index contributed by atoms with van der Waals surface area (Å²) in [5, 5.41) is 4.59. The van der Waals surface area contributed by atoms with Crippen LogP contribution in [0.5, 0.6) is 0 Å². The zero-order valence-electron chi connectivity index (χ0n) is 13.8. The first-order chi connectivity index (χ1) is 11.5. The molecule has 6 nitrogen and oxygen atoms in total. The highest BCUT2D eigenvalue weighted by Gasteiger charge is 2.27. The van der Waals surface area contributed by atoms with Gasteiger partial charge in [-0.1, -0.05) is 24.6 Å². The Morgan fingerprint density at radius 1 is 1.42 bits per heavy atom. The average molecular weight is 344 g/mol. The second kappa shape index (κ2) is 6.57. The molecule has 3 rings (SSSR count). The molecule has 0 aliphatic heterocycles. The van der Waals surface area contributed by atoms with Crippen LogP contribution >= 0.6 is 11.6 Å². The zero-order valence-corrected chi connectivity index (χ0v) is 14.5. The summed E-state index contributed by atoms with van der Waals surface area (Å²) in [6.07, 6.45) is 7.74. The number of fused-ring (bicyclic) bond motifs is 1. The smallest absolute Gasteiger partial charge is 0.276 e. The Labute approximate surface area is 145 Å². The van der Waals surface area contributed by atoms with E-state index in [4.69, 9.17) is 11.6 Å². The summed E-state index contributed by atoms with van der Waals surface area (Å²) in [7, 11) is 1.75. The molecule has 0 aromatic carbocycles. The van der Waals surface area contributed by atoms with Gasteiger partial charge >= 0.3 is 0 Å². The van der Waals surface area contributed by atoms with Gasteiger partial charge in [0, 0.05) is 31.8 Å². The number of carbonyl (C=O) groups excluding carboxylic acids is 1. The van der Waals surface area contributed by atoms with E-state index in [1.54, 1.807) is 41.3 Å². The van der Waals surface area contributed by atoms with E-state index in [1.165, 1.54) is 0 Å². The van der Waals surface area contributed by atoms with E-state index >= 15 is 0 Å². The van der Waals surface area contributed by atoms with E-state index in [2.05, 4.69) is 15.1 Å². The highest BCUT2D eigenvalue weighted by Crippen LogP contribution is 2.27. The lowest BCUT2D eigenvalue weighted by Crippen LogP contribution is -2.31. The third-order valence-electron chi connectivity index (χ3n) is 3.99. The van der Waals surface area contributed by atoms with Crippen LogP contribution in [-0.2, 0) is 0 Å². The van der Waals surface area contributed by atoms with Gasteiger partial charge in [-0.25, -0.2) is 9.50 Å². The SMILES string of the molecule is CCC(c1cccnc1)N(C)C(=O)c1nn2cc(C)cnc2c1Cl. The molecule has 1 atom stereocenters. The Bertz CT molecular complexity index is 877. The lowest BCUT2D eigenvalue weighted by molar-refractivity contribution is 0.0719. The molecule has 0 aliphatic carbocycles. The van der Waals surface area contributed by atoms with Gasteiger partial charge < -0.3 is 4.90 Å². The monoisotopic (exact) mass is 343 g/mol. The topological polar surface area (TPSA) is 63.4 Å². The van der Waals surface area contributed by atoms with Gasteiger partial charge in [0.05, 0.1) is 6.04 Å². The fourth-order valence-corrected chi connectivity index (χ4v) is 3.01. The Balaban J connectivity index is 1.97. The second-order valence-corrected chi connectivity index (χ2v) is 6.07. The summed E-state index contributed by atoms with van der Waals surface area (Å²) in [6, 6.07) is 3.73. The first kappa shape index (κ1) is 16.4. The molecule has 0 aliphatic rings. The van der Waals surface area contributed by atoms with Crippen molar-refractivity contribution in [2.75, 3.05) is 7.05 Å². The van der Waals surface area contributed by atoms with Crippen LogP contribution in [0, 0.1) is 6.92 Å². The molecule has 0 saturated carbocycles. The summed E-state index contributed by atoms with van der Waals surface area (Å²) in [5.74, 6) is -0.237. The van der Waals surface area contributed by atoms with Crippen LogP contribution in [0.3, 0.4) is 0 Å². The van der Waals surface area contributed by atoms with Crippen LogP contribution < -0.4 is 0 Å². The summed E-state index contributed by atoms with van der Waals surface area (Å²) in [5.41, 5.74) is 2.61. The van der Waals surface area contributed by atoms with Crippen molar-refractivity contribution in [1.82, 2.24) is 24.5 Å². The maximum atomic E-state index is 12.9. The number of aromatic nitrogens is 4. The number of hydrogen-bond donors (Lipinski definition) is 0. The molecule has 7 heteroatoms. The van der Waals surface area contributed by atoms with Crippen molar-refractivity contribution in [2.45, 2.75) is 26.3 Å². The van der Waals surface area contributed by atoms with Gasteiger partial charge in [-0.2, -0.15) is 5.10 Å². The van der Waals surface area contributed by atoms with Crippen molar-refractivity contribution >= 4 is 23.2 Å². The van der Waals surface area contributed by atoms with Crippen LogP contribution in [0.2, 0.25) is 5.02 Å². The van der Waals surface area contributed by atoms with Gasteiger partial charge in [0.15, 0.2) is 11.3 Å². The Morgan fingerprint density at radius 3 is 2.88 bits per heavy atom. The van der Waals surface area contributed by atoms with Gasteiger partial charge in [0.25, 0.3) is 5.91 Å². The van der Waals surface area contributed by atoms with Crippen LogP contribution in [0.1, 0.15) is 41.0 Å². The van der Waals surface area contributed by atoms with Gasteiger partial charge in [0.1, 0.15) is 5.02 Å². The van der Waals surface area contributed by atoms with Crippen LogP contribution in [0.25, 0.3) is 5.65 Å². The van der Waals surface area contributed by atoms with Crippen molar-refractivity contribution < 1.29 is 4.79 Å². The lowest BCUT2D eigenvalue weighted by atomic mass is 10.1. The molecule has 0 radical (unpaired) electrons. The zero-order chi connectivity index (χ0) is 17.3. The van der Waals surface area contributed by atoms with Gasteiger partial charge in [0.2, 0.25) is 0 Å². The number of rotatable bonds is 4. The highest BCUT2D eigenvalue weighted by molar-refractivity contribution is 6.36.